The summed E-state index contributed by atoms with van der Waals surface area (Å²) < 4.78 is 4.67. The van der Waals surface area contributed by atoms with E-state index in [0.29, 0.717) is 23.2 Å². The molecule has 0 spiro atoms. The Bertz CT molecular complexity index is 465. The van der Waals surface area contributed by atoms with Crippen LogP contribution >= 0.6 is 0 Å². The van der Waals surface area contributed by atoms with Crippen molar-refractivity contribution in [2.24, 2.45) is 20.0 Å². The van der Waals surface area contributed by atoms with Gasteiger partial charge < -0.3 is 4.52 Å². The van der Waals surface area contributed by atoms with Crippen molar-refractivity contribution >= 4 is 23.8 Å². The Hall–Kier alpha value is -2.11. The van der Waals surface area contributed by atoms with E-state index in [4.69, 9.17) is 0 Å². The van der Waals surface area contributed by atoms with Crippen molar-refractivity contribution in [2.45, 2.75) is 0 Å². The number of aliphatic imine (C=N–C) groups is 4. The van der Waals surface area contributed by atoms with E-state index in [1.807, 2.05) is 0 Å². The Morgan fingerprint density at radius 2 is 2.00 bits per heavy atom. The first-order valence-corrected chi connectivity index (χ1v) is 3.62. The first kappa shape index (κ1) is 6.41. The van der Waals surface area contributed by atoms with Crippen molar-refractivity contribution in [3.05, 3.63) is 18.0 Å². The molecule has 0 fully saturated rings. The van der Waals surface area contributed by atoms with Gasteiger partial charge in [-0.15, -0.1) is 0 Å². The van der Waals surface area contributed by atoms with Gasteiger partial charge in [0.25, 0.3) is 0 Å². The van der Waals surface area contributed by atoms with Crippen LogP contribution in [0, 0.1) is 0 Å². The van der Waals surface area contributed by atoms with Gasteiger partial charge in [0, 0.05) is 6.07 Å². The van der Waals surface area contributed by atoms with Crippen LogP contribution in [0.4, 0.5) is 0 Å². The van der Waals surface area contributed by atoms with Crippen molar-refractivity contribution in [3.8, 4) is 0 Å². The first-order valence-electron chi connectivity index (χ1n) is 3.62. The smallest absolute Gasteiger partial charge is 0.201 e. The van der Waals surface area contributed by atoms with Gasteiger partial charge in [0.15, 0.2) is 11.5 Å². The molecule has 0 unspecified atom stereocenters. The lowest BCUT2D eigenvalue weighted by atomic mass is 10.4. The molecule has 0 saturated carbocycles. The van der Waals surface area contributed by atoms with Crippen LogP contribution in [0.15, 0.2) is 36.8 Å². The molecule has 1 aromatic rings. The van der Waals surface area contributed by atoms with E-state index in [1.165, 1.54) is 12.6 Å². The summed E-state index contributed by atoms with van der Waals surface area (Å²) in [7, 11) is 0. The van der Waals surface area contributed by atoms with Crippen LogP contribution in [-0.4, -0.2) is 29.0 Å². The Balaban J connectivity index is 2.07. The van der Waals surface area contributed by atoms with E-state index < -0.39 is 0 Å². The lowest BCUT2D eigenvalue weighted by Gasteiger charge is -1.84. The topological polar surface area (TPSA) is 75.5 Å². The van der Waals surface area contributed by atoms with E-state index in [2.05, 4.69) is 29.6 Å². The van der Waals surface area contributed by atoms with Crippen LogP contribution in [0.2, 0.25) is 0 Å². The molecule has 0 aromatic carbocycles. The second-order valence-corrected chi connectivity index (χ2v) is 2.45. The minimum atomic E-state index is 0.499. The summed E-state index contributed by atoms with van der Waals surface area (Å²) in [5.41, 5.74) is 0.597. The second kappa shape index (κ2) is 2.19. The van der Waals surface area contributed by atoms with Gasteiger partial charge in [-0.3, -0.25) is 0 Å². The lowest BCUT2D eigenvalue weighted by Crippen LogP contribution is -1.97. The van der Waals surface area contributed by atoms with Gasteiger partial charge in [0.2, 0.25) is 11.7 Å². The fraction of sp³-hybridized carbons (Fsp3) is 0. The molecular weight excluding hydrogens is 170 g/mol. The van der Waals surface area contributed by atoms with Crippen molar-refractivity contribution < 1.29 is 4.52 Å². The van der Waals surface area contributed by atoms with Crippen LogP contribution in [0.25, 0.3) is 0 Å². The van der Waals surface area contributed by atoms with Crippen LogP contribution in [0.1, 0.15) is 5.69 Å². The lowest BCUT2D eigenvalue weighted by molar-refractivity contribution is 0.418. The Morgan fingerprint density at radius 1 is 1.08 bits per heavy atom. The van der Waals surface area contributed by atoms with E-state index >= 15 is 0 Å². The third-order valence-corrected chi connectivity index (χ3v) is 1.65. The molecule has 62 valence electrons. The number of amidine groups is 3. The molecule has 0 atom stereocenters. The number of hydrogen-bond acceptors (Lipinski definition) is 6. The predicted molar refractivity (Wildman–Crippen MR) is 46.4 cm³/mol. The van der Waals surface area contributed by atoms with Crippen molar-refractivity contribution in [1.29, 1.82) is 0 Å². The molecule has 13 heavy (non-hydrogen) atoms. The summed E-state index contributed by atoms with van der Waals surface area (Å²) >= 11 is 0. The van der Waals surface area contributed by atoms with Crippen LogP contribution in [-0.2, 0) is 0 Å². The second-order valence-electron chi connectivity index (χ2n) is 2.45. The molecule has 0 aliphatic carbocycles. The van der Waals surface area contributed by atoms with E-state index in [0.717, 1.165) is 0 Å². The minimum Gasteiger partial charge on any atom is -0.364 e. The van der Waals surface area contributed by atoms with Gasteiger partial charge in [-0.1, -0.05) is 5.16 Å². The average molecular weight is 173 g/mol. The van der Waals surface area contributed by atoms with Gasteiger partial charge >= 0.3 is 0 Å². The zero-order valence-electron chi connectivity index (χ0n) is 6.38. The van der Waals surface area contributed by atoms with E-state index in [-0.39, 0.29) is 0 Å². The number of rotatable bonds is 1. The number of fused-ring (bicyclic) bond motifs is 1. The third-order valence-electron chi connectivity index (χ3n) is 1.65. The maximum atomic E-state index is 4.67. The first-order chi connectivity index (χ1) is 6.43. The molecular formula is C7H3N5O. The van der Waals surface area contributed by atoms with Gasteiger partial charge in [0.1, 0.15) is 12.6 Å². The zero-order chi connectivity index (χ0) is 8.67. The third kappa shape index (κ3) is 0.851. The Kier molecular flexibility index (Phi) is 1.08. The maximum absolute atomic E-state index is 4.67. The van der Waals surface area contributed by atoms with Gasteiger partial charge in [0.05, 0.1) is 0 Å². The molecule has 3 heterocycles. The SMILES string of the molecule is C1=NC2=NC(c3ccon3)=NC2=N1. The largest absolute Gasteiger partial charge is 0.364 e. The molecule has 2 aliphatic heterocycles. The highest BCUT2D eigenvalue weighted by Gasteiger charge is 2.21. The molecule has 0 saturated heterocycles. The molecule has 6 heteroatoms. The molecule has 2 aliphatic rings. The standard InChI is InChI=1S/C7H3N5O/c1-2-13-12-4(1)5-10-6-7(11-5)9-3-8-6/h1-3H. The minimum absolute atomic E-state index is 0.499. The van der Waals surface area contributed by atoms with Crippen LogP contribution in [0.5, 0.6) is 0 Å². The predicted octanol–water partition coefficient (Wildman–Crippen LogP) is 0.274. The summed E-state index contributed by atoms with van der Waals surface area (Å²) in [6, 6.07) is 1.69. The fourth-order valence-corrected chi connectivity index (χ4v) is 1.08. The van der Waals surface area contributed by atoms with Crippen LogP contribution < -0.4 is 0 Å². The Labute approximate surface area is 72.4 Å². The molecule has 0 N–H and O–H groups in total. The number of aromatic nitrogens is 1. The average Bonchev–Trinajstić information content (AvgIpc) is 2.78. The highest BCUT2D eigenvalue weighted by Crippen LogP contribution is 2.10. The molecule has 0 radical (unpaired) electrons. The summed E-state index contributed by atoms with van der Waals surface area (Å²) in [4.78, 5) is 16.0. The monoisotopic (exact) mass is 173 g/mol. The summed E-state index contributed by atoms with van der Waals surface area (Å²) in [5.74, 6) is 1.58. The van der Waals surface area contributed by atoms with E-state index in [9.17, 15) is 0 Å². The molecule has 0 amide bonds. The van der Waals surface area contributed by atoms with Gasteiger partial charge in [-0.05, 0) is 0 Å². The van der Waals surface area contributed by atoms with Crippen molar-refractivity contribution in [2.75, 3.05) is 0 Å². The highest BCUT2D eigenvalue weighted by atomic mass is 16.5. The molecule has 6 nitrogen and oxygen atoms in total. The summed E-state index contributed by atoms with van der Waals surface area (Å²) in [5, 5.41) is 3.71. The summed E-state index contributed by atoms with van der Waals surface area (Å²) in [6.07, 6.45) is 2.90. The number of nitrogens with zero attached hydrogens (tertiary/aromatic N) is 5. The molecule has 3 rings (SSSR count). The zero-order valence-corrected chi connectivity index (χ0v) is 6.38. The maximum Gasteiger partial charge on any atom is 0.201 e. The van der Waals surface area contributed by atoms with E-state index in [1.54, 1.807) is 6.07 Å². The molecule has 1 aromatic heterocycles. The normalized spacial score (nSPS) is 18.3. The van der Waals surface area contributed by atoms with Crippen LogP contribution in [0.3, 0.4) is 0 Å². The highest BCUT2D eigenvalue weighted by molar-refractivity contribution is 6.51. The molecule has 0 bridgehead atoms. The fourth-order valence-electron chi connectivity index (χ4n) is 1.08. The van der Waals surface area contributed by atoms with Crippen molar-refractivity contribution in [3.63, 3.8) is 0 Å². The number of hydrogen-bond donors (Lipinski definition) is 0. The quantitative estimate of drug-likeness (QED) is 0.611. The van der Waals surface area contributed by atoms with Gasteiger partial charge in [-0.25, -0.2) is 20.0 Å². The summed E-state index contributed by atoms with van der Waals surface area (Å²) in [6.45, 7) is 0. The van der Waals surface area contributed by atoms with Gasteiger partial charge in [-0.2, -0.15) is 0 Å². The Morgan fingerprint density at radius 3 is 2.77 bits per heavy atom. The van der Waals surface area contributed by atoms with Crippen molar-refractivity contribution in [1.82, 2.24) is 5.16 Å².